The third kappa shape index (κ3) is 4.58. The first-order valence-electron chi connectivity index (χ1n) is 8.09. The van der Waals surface area contributed by atoms with Gasteiger partial charge in [-0.3, -0.25) is 0 Å². The number of nitrogens with one attached hydrogen (secondary N) is 2. The molecule has 0 saturated carbocycles. The molecule has 3 N–H and O–H groups in total. The number of alkyl halides is 3. The summed E-state index contributed by atoms with van der Waals surface area (Å²) >= 11 is 1.42. The lowest BCUT2D eigenvalue weighted by Gasteiger charge is -2.22. The van der Waals surface area contributed by atoms with E-state index in [0.29, 0.717) is 4.88 Å². The SMILES string of the molecule is CC(O)(CNC(=O)Nc1cccc(C(F)(F)F)c1)c1cc2ccccc2s1. The predicted molar refractivity (Wildman–Crippen MR) is 99.9 cm³/mol. The molecule has 8 heteroatoms. The molecule has 1 unspecified atom stereocenters. The highest BCUT2D eigenvalue weighted by Gasteiger charge is 2.30. The third-order valence-electron chi connectivity index (χ3n) is 4.00. The van der Waals surface area contributed by atoms with Gasteiger partial charge in [-0.25, -0.2) is 4.79 Å². The largest absolute Gasteiger partial charge is 0.416 e. The first kappa shape index (κ1) is 19.2. The Morgan fingerprint density at radius 2 is 1.85 bits per heavy atom. The number of carbonyl (C=O) groups is 1. The first-order valence-corrected chi connectivity index (χ1v) is 8.90. The normalized spacial score (nSPS) is 14.0. The Morgan fingerprint density at radius 3 is 2.56 bits per heavy atom. The number of fused-ring (bicyclic) bond motifs is 1. The van der Waals surface area contributed by atoms with Crippen molar-refractivity contribution < 1.29 is 23.1 Å². The molecule has 3 rings (SSSR count). The molecule has 0 radical (unpaired) electrons. The van der Waals surface area contributed by atoms with Gasteiger partial charge in [0.2, 0.25) is 0 Å². The van der Waals surface area contributed by atoms with Gasteiger partial charge in [-0.2, -0.15) is 13.2 Å². The van der Waals surface area contributed by atoms with Crippen LogP contribution in [0.25, 0.3) is 10.1 Å². The van der Waals surface area contributed by atoms with Crippen LogP contribution in [0.15, 0.2) is 54.6 Å². The lowest BCUT2D eigenvalue weighted by Crippen LogP contribution is -2.40. The van der Waals surface area contributed by atoms with Gasteiger partial charge in [0.05, 0.1) is 12.1 Å². The van der Waals surface area contributed by atoms with Crippen molar-refractivity contribution in [3.8, 4) is 0 Å². The summed E-state index contributed by atoms with van der Waals surface area (Å²) in [6, 6.07) is 13.2. The molecular weight excluding hydrogens is 377 g/mol. The Balaban J connectivity index is 1.64. The maximum Gasteiger partial charge on any atom is 0.416 e. The number of urea groups is 1. The number of aliphatic hydroxyl groups is 1. The molecule has 1 heterocycles. The summed E-state index contributed by atoms with van der Waals surface area (Å²) in [5.74, 6) is 0. The van der Waals surface area contributed by atoms with Crippen LogP contribution in [0.3, 0.4) is 0 Å². The molecule has 0 spiro atoms. The van der Waals surface area contributed by atoms with Gasteiger partial charge in [-0.05, 0) is 42.6 Å². The summed E-state index contributed by atoms with van der Waals surface area (Å²) in [5.41, 5.74) is -2.14. The van der Waals surface area contributed by atoms with E-state index >= 15 is 0 Å². The Morgan fingerprint density at radius 1 is 1.11 bits per heavy atom. The molecule has 0 aliphatic heterocycles. The zero-order valence-electron chi connectivity index (χ0n) is 14.3. The number of hydrogen-bond acceptors (Lipinski definition) is 3. The van der Waals surface area contributed by atoms with E-state index in [-0.39, 0.29) is 12.2 Å². The molecule has 142 valence electrons. The topological polar surface area (TPSA) is 61.4 Å². The van der Waals surface area contributed by atoms with Crippen LogP contribution in [0.2, 0.25) is 0 Å². The molecule has 27 heavy (non-hydrogen) atoms. The van der Waals surface area contributed by atoms with Crippen LogP contribution in [-0.2, 0) is 11.8 Å². The Hall–Kier alpha value is -2.58. The van der Waals surface area contributed by atoms with Crippen LogP contribution in [0.4, 0.5) is 23.7 Å². The van der Waals surface area contributed by atoms with Gasteiger partial charge in [-0.1, -0.05) is 24.3 Å². The quantitative estimate of drug-likeness (QED) is 0.586. The van der Waals surface area contributed by atoms with Gasteiger partial charge < -0.3 is 15.7 Å². The molecule has 0 aliphatic rings. The lowest BCUT2D eigenvalue weighted by atomic mass is 10.0. The fourth-order valence-electron chi connectivity index (χ4n) is 2.54. The van der Waals surface area contributed by atoms with Crippen molar-refractivity contribution in [2.75, 3.05) is 11.9 Å². The summed E-state index contributed by atoms with van der Waals surface area (Å²) in [6.07, 6.45) is -4.49. The Labute approximate surface area is 157 Å². The van der Waals surface area contributed by atoms with Gasteiger partial charge in [0, 0.05) is 15.3 Å². The molecular formula is C19H17F3N2O2S. The summed E-state index contributed by atoms with van der Waals surface area (Å²) in [6.45, 7) is 1.48. The van der Waals surface area contributed by atoms with Crippen LogP contribution in [-0.4, -0.2) is 17.7 Å². The van der Waals surface area contributed by atoms with Gasteiger partial charge in [-0.15, -0.1) is 11.3 Å². The van der Waals surface area contributed by atoms with Crippen molar-refractivity contribution in [1.29, 1.82) is 0 Å². The van der Waals surface area contributed by atoms with Crippen molar-refractivity contribution in [2.24, 2.45) is 0 Å². The Bertz CT molecular complexity index is 934. The molecule has 3 aromatic rings. The number of anilines is 1. The maximum atomic E-state index is 12.7. The highest BCUT2D eigenvalue weighted by atomic mass is 32.1. The van der Waals surface area contributed by atoms with E-state index in [9.17, 15) is 23.1 Å². The molecule has 1 aromatic heterocycles. The van der Waals surface area contributed by atoms with Crippen LogP contribution in [0.5, 0.6) is 0 Å². The minimum absolute atomic E-state index is 0.0174. The Kier molecular flexibility index (Phi) is 5.12. The summed E-state index contributed by atoms with van der Waals surface area (Å²) in [7, 11) is 0. The average molecular weight is 394 g/mol. The van der Waals surface area contributed by atoms with E-state index < -0.39 is 23.4 Å². The van der Waals surface area contributed by atoms with Crippen LogP contribution in [0.1, 0.15) is 17.4 Å². The number of thiophene rings is 1. The van der Waals surface area contributed by atoms with E-state index in [2.05, 4.69) is 10.6 Å². The van der Waals surface area contributed by atoms with Gasteiger partial charge in [0.15, 0.2) is 0 Å². The minimum Gasteiger partial charge on any atom is -0.383 e. The fourth-order valence-corrected chi connectivity index (χ4v) is 3.64. The van der Waals surface area contributed by atoms with E-state index in [1.807, 2.05) is 30.3 Å². The second-order valence-electron chi connectivity index (χ2n) is 6.31. The van der Waals surface area contributed by atoms with Crippen LogP contribution in [0, 0.1) is 0 Å². The molecule has 1 atom stereocenters. The van der Waals surface area contributed by atoms with Crippen molar-refractivity contribution in [3.63, 3.8) is 0 Å². The molecule has 0 saturated heterocycles. The van der Waals surface area contributed by atoms with Gasteiger partial charge in [0.25, 0.3) is 0 Å². The molecule has 4 nitrogen and oxygen atoms in total. The summed E-state index contributed by atoms with van der Waals surface area (Å²) in [5, 5.41) is 16.5. The summed E-state index contributed by atoms with van der Waals surface area (Å²) in [4.78, 5) is 12.7. The third-order valence-corrected chi connectivity index (χ3v) is 5.37. The molecule has 0 bridgehead atoms. The van der Waals surface area contributed by atoms with E-state index in [1.165, 1.54) is 23.5 Å². The van der Waals surface area contributed by atoms with E-state index in [0.717, 1.165) is 22.2 Å². The van der Waals surface area contributed by atoms with Crippen LogP contribution < -0.4 is 10.6 Å². The van der Waals surface area contributed by atoms with Crippen molar-refractivity contribution >= 4 is 33.1 Å². The molecule has 0 fully saturated rings. The van der Waals surface area contributed by atoms with Crippen LogP contribution >= 0.6 is 11.3 Å². The number of benzene rings is 2. The zero-order chi connectivity index (χ0) is 19.7. The fraction of sp³-hybridized carbons (Fsp3) is 0.211. The van der Waals surface area contributed by atoms with Crippen molar-refractivity contribution in [2.45, 2.75) is 18.7 Å². The van der Waals surface area contributed by atoms with E-state index in [1.54, 1.807) is 6.92 Å². The number of halogens is 3. The van der Waals surface area contributed by atoms with Crippen molar-refractivity contribution in [1.82, 2.24) is 5.32 Å². The predicted octanol–water partition coefficient (Wildman–Crippen LogP) is 4.95. The monoisotopic (exact) mass is 394 g/mol. The van der Waals surface area contributed by atoms with Gasteiger partial charge >= 0.3 is 12.2 Å². The van der Waals surface area contributed by atoms with E-state index in [4.69, 9.17) is 0 Å². The number of rotatable bonds is 4. The zero-order valence-corrected chi connectivity index (χ0v) is 15.1. The number of hydrogen-bond donors (Lipinski definition) is 3. The van der Waals surface area contributed by atoms with Crippen molar-refractivity contribution in [3.05, 3.63) is 65.0 Å². The highest BCUT2D eigenvalue weighted by molar-refractivity contribution is 7.19. The van der Waals surface area contributed by atoms with Gasteiger partial charge in [0.1, 0.15) is 5.60 Å². The molecule has 2 amide bonds. The molecule has 2 aromatic carbocycles. The maximum absolute atomic E-state index is 12.7. The smallest absolute Gasteiger partial charge is 0.383 e. The minimum atomic E-state index is -4.49. The number of carbonyl (C=O) groups excluding carboxylic acids is 1. The lowest BCUT2D eigenvalue weighted by molar-refractivity contribution is -0.137. The number of amides is 2. The second-order valence-corrected chi connectivity index (χ2v) is 7.39. The standard InChI is InChI=1S/C19H17F3N2O2S/c1-18(26,16-9-12-5-2-3-8-15(12)27-16)11-23-17(25)24-14-7-4-6-13(10-14)19(20,21)22/h2-10,26H,11H2,1H3,(H2,23,24,25). The average Bonchev–Trinajstić information content (AvgIpc) is 3.05. The molecule has 0 aliphatic carbocycles. The first-order chi connectivity index (χ1) is 12.6. The highest BCUT2D eigenvalue weighted by Crippen LogP contribution is 2.33. The second kappa shape index (κ2) is 7.21. The summed E-state index contributed by atoms with van der Waals surface area (Å²) < 4.78 is 39.2.